The number of nitrogens with one attached hydrogen (secondary N) is 1. The van der Waals surface area contributed by atoms with E-state index in [4.69, 9.17) is 16.7 Å². The fourth-order valence-corrected chi connectivity index (χ4v) is 2.63. The number of nitrogens with two attached hydrogens (primary N) is 1. The molecule has 0 amide bonds. The van der Waals surface area contributed by atoms with Crippen LogP contribution in [0.15, 0.2) is 45.8 Å². The van der Waals surface area contributed by atoms with Gasteiger partial charge in [-0.1, -0.05) is 17.7 Å². The molecule has 3 N–H and O–H groups in total. The van der Waals surface area contributed by atoms with E-state index in [0.29, 0.717) is 20.7 Å². The van der Waals surface area contributed by atoms with Crippen LogP contribution in [-0.2, 0) is 16.6 Å². The van der Waals surface area contributed by atoms with Gasteiger partial charge < -0.3 is 5.32 Å². The number of rotatable bonds is 4. The molecular weight excluding hydrogens is 383 g/mol. The van der Waals surface area contributed by atoms with Crippen molar-refractivity contribution in [1.82, 2.24) is 0 Å². The second kappa shape index (κ2) is 6.31. The Bertz CT molecular complexity index is 784. The number of benzene rings is 2. The Labute approximate surface area is 135 Å². The lowest BCUT2D eigenvalue weighted by Crippen LogP contribution is -2.12. The van der Waals surface area contributed by atoms with Crippen LogP contribution in [0.4, 0.5) is 10.1 Å². The van der Waals surface area contributed by atoms with Gasteiger partial charge >= 0.3 is 0 Å². The Morgan fingerprint density at radius 1 is 1.24 bits per heavy atom. The molecule has 0 radical (unpaired) electrons. The zero-order valence-electron chi connectivity index (χ0n) is 10.6. The van der Waals surface area contributed by atoms with Crippen molar-refractivity contribution in [2.45, 2.75) is 11.4 Å². The van der Waals surface area contributed by atoms with Crippen LogP contribution >= 0.6 is 27.5 Å². The number of halogens is 3. The summed E-state index contributed by atoms with van der Waals surface area (Å²) in [4.78, 5) is -0.0450. The third-order valence-electron chi connectivity index (χ3n) is 2.73. The van der Waals surface area contributed by atoms with Crippen molar-refractivity contribution in [2.75, 3.05) is 5.32 Å². The molecule has 0 spiro atoms. The molecule has 0 atom stereocenters. The summed E-state index contributed by atoms with van der Waals surface area (Å²) in [6, 6.07) is 8.79. The molecule has 0 heterocycles. The van der Waals surface area contributed by atoms with E-state index >= 15 is 0 Å². The van der Waals surface area contributed by atoms with Crippen molar-refractivity contribution in [3.63, 3.8) is 0 Å². The molecule has 2 aromatic rings. The Morgan fingerprint density at radius 3 is 2.57 bits per heavy atom. The topological polar surface area (TPSA) is 72.2 Å². The summed E-state index contributed by atoms with van der Waals surface area (Å²) < 4.78 is 36.4. The third kappa shape index (κ3) is 4.16. The van der Waals surface area contributed by atoms with E-state index in [1.165, 1.54) is 24.3 Å². The first-order chi connectivity index (χ1) is 9.77. The van der Waals surface area contributed by atoms with E-state index in [2.05, 4.69) is 21.2 Å². The Morgan fingerprint density at radius 2 is 1.95 bits per heavy atom. The predicted octanol–water partition coefficient (Wildman–Crippen LogP) is 3.50. The van der Waals surface area contributed by atoms with Crippen LogP contribution in [0.1, 0.15) is 5.56 Å². The molecule has 0 aromatic heterocycles. The largest absolute Gasteiger partial charge is 0.380 e. The minimum Gasteiger partial charge on any atom is -0.380 e. The molecule has 0 bridgehead atoms. The zero-order chi connectivity index (χ0) is 15.6. The van der Waals surface area contributed by atoms with Gasteiger partial charge in [-0.3, -0.25) is 0 Å². The first-order valence-corrected chi connectivity index (χ1v) is 8.49. The summed E-state index contributed by atoms with van der Waals surface area (Å²) in [5.41, 5.74) is 1.10. The summed E-state index contributed by atoms with van der Waals surface area (Å²) in [6.07, 6.45) is 0. The summed E-state index contributed by atoms with van der Waals surface area (Å²) in [5, 5.41) is 8.37. The first kappa shape index (κ1) is 16.2. The lowest BCUT2D eigenvalue weighted by Gasteiger charge is -2.10. The van der Waals surface area contributed by atoms with Crippen molar-refractivity contribution >= 4 is 43.2 Å². The zero-order valence-corrected chi connectivity index (χ0v) is 13.8. The van der Waals surface area contributed by atoms with Crippen molar-refractivity contribution in [1.29, 1.82) is 0 Å². The van der Waals surface area contributed by atoms with Crippen LogP contribution in [0.25, 0.3) is 0 Å². The van der Waals surface area contributed by atoms with Gasteiger partial charge in [0.25, 0.3) is 0 Å². The molecule has 0 saturated carbocycles. The average molecular weight is 394 g/mol. The molecule has 112 valence electrons. The highest BCUT2D eigenvalue weighted by atomic mass is 79.9. The molecule has 2 rings (SSSR count). The van der Waals surface area contributed by atoms with Gasteiger partial charge in [0.15, 0.2) is 0 Å². The maximum absolute atomic E-state index is 13.4. The van der Waals surface area contributed by atoms with E-state index in [1.54, 1.807) is 12.1 Å². The van der Waals surface area contributed by atoms with Gasteiger partial charge in [0.2, 0.25) is 10.0 Å². The molecule has 21 heavy (non-hydrogen) atoms. The SMILES string of the molecule is NS(=O)(=O)c1ccc(Cl)c(NCc2ccc(Br)c(F)c2)c1. The standard InChI is InChI=1S/C13H11BrClFN2O2S/c14-10-3-1-8(5-12(10)16)7-18-13-6-9(21(17,19)20)2-4-11(13)15/h1-6,18H,7H2,(H2,17,19,20). The van der Waals surface area contributed by atoms with Gasteiger partial charge in [0.05, 0.1) is 20.1 Å². The van der Waals surface area contributed by atoms with E-state index < -0.39 is 10.0 Å². The van der Waals surface area contributed by atoms with Gasteiger partial charge in [-0.25, -0.2) is 17.9 Å². The molecular formula is C13H11BrClFN2O2S. The smallest absolute Gasteiger partial charge is 0.238 e. The summed E-state index contributed by atoms with van der Waals surface area (Å²) in [5.74, 6) is -0.376. The summed E-state index contributed by atoms with van der Waals surface area (Å²) in [6.45, 7) is 0.290. The monoisotopic (exact) mass is 392 g/mol. The molecule has 0 unspecified atom stereocenters. The Kier molecular flexibility index (Phi) is 4.88. The van der Waals surface area contributed by atoms with E-state index in [9.17, 15) is 12.8 Å². The van der Waals surface area contributed by atoms with Gasteiger partial charge in [-0.05, 0) is 51.8 Å². The van der Waals surface area contributed by atoms with Crippen LogP contribution < -0.4 is 10.5 Å². The number of sulfonamides is 1. The molecule has 8 heteroatoms. The summed E-state index contributed by atoms with van der Waals surface area (Å²) >= 11 is 9.06. The molecule has 0 fully saturated rings. The predicted molar refractivity (Wildman–Crippen MR) is 84.3 cm³/mol. The Hall–Kier alpha value is -1.15. The number of hydrogen-bond donors (Lipinski definition) is 2. The molecule has 0 aliphatic heterocycles. The molecule has 0 aliphatic carbocycles. The Balaban J connectivity index is 2.21. The van der Waals surface area contributed by atoms with Crippen molar-refractivity contribution in [3.8, 4) is 0 Å². The van der Waals surface area contributed by atoms with Crippen molar-refractivity contribution in [3.05, 3.63) is 57.3 Å². The molecule has 4 nitrogen and oxygen atoms in total. The van der Waals surface area contributed by atoms with Crippen molar-refractivity contribution < 1.29 is 12.8 Å². The summed E-state index contributed by atoms with van der Waals surface area (Å²) in [7, 11) is -3.80. The average Bonchev–Trinajstić information content (AvgIpc) is 2.40. The second-order valence-electron chi connectivity index (χ2n) is 4.29. The van der Waals surface area contributed by atoms with Crippen LogP contribution in [0.5, 0.6) is 0 Å². The van der Waals surface area contributed by atoms with Crippen LogP contribution in [0.3, 0.4) is 0 Å². The van der Waals surface area contributed by atoms with Gasteiger partial charge in [0.1, 0.15) is 5.82 Å². The maximum atomic E-state index is 13.4. The van der Waals surface area contributed by atoms with Crippen LogP contribution in [-0.4, -0.2) is 8.42 Å². The lowest BCUT2D eigenvalue weighted by atomic mass is 10.2. The van der Waals surface area contributed by atoms with Crippen LogP contribution in [0.2, 0.25) is 5.02 Å². The molecule has 0 saturated heterocycles. The van der Waals surface area contributed by atoms with Crippen LogP contribution in [0, 0.1) is 5.82 Å². The quantitative estimate of drug-likeness (QED) is 0.835. The van der Waals surface area contributed by atoms with Crippen molar-refractivity contribution in [2.24, 2.45) is 5.14 Å². The van der Waals surface area contributed by atoms with E-state index in [0.717, 1.165) is 0 Å². The lowest BCUT2D eigenvalue weighted by molar-refractivity contribution is 0.598. The third-order valence-corrected chi connectivity index (χ3v) is 4.62. The fraction of sp³-hybridized carbons (Fsp3) is 0.0769. The van der Waals surface area contributed by atoms with E-state index in [-0.39, 0.29) is 17.3 Å². The highest BCUT2D eigenvalue weighted by Gasteiger charge is 2.11. The number of anilines is 1. The highest BCUT2D eigenvalue weighted by molar-refractivity contribution is 9.10. The van der Waals surface area contributed by atoms with Gasteiger partial charge in [0, 0.05) is 6.54 Å². The highest BCUT2D eigenvalue weighted by Crippen LogP contribution is 2.25. The molecule has 2 aromatic carbocycles. The number of hydrogen-bond acceptors (Lipinski definition) is 3. The molecule has 0 aliphatic rings. The minimum absolute atomic E-state index is 0.0450. The normalized spacial score (nSPS) is 11.4. The first-order valence-electron chi connectivity index (χ1n) is 5.77. The maximum Gasteiger partial charge on any atom is 0.238 e. The number of primary sulfonamides is 1. The fourth-order valence-electron chi connectivity index (χ4n) is 1.66. The van der Waals surface area contributed by atoms with Gasteiger partial charge in [-0.2, -0.15) is 0 Å². The minimum atomic E-state index is -3.80. The van der Waals surface area contributed by atoms with Gasteiger partial charge in [-0.15, -0.1) is 0 Å². The van der Waals surface area contributed by atoms with E-state index in [1.807, 2.05) is 0 Å². The second-order valence-corrected chi connectivity index (χ2v) is 7.11.